The molecule has 0 atom stereocenters. The maximum absolute atomic E-state index is 5.73. The fourth-order valence-electron chi connectivity index (χ4n) is 1.67. The van der Waals surface area contributed by atoms with E-state index in [0.29, 0.717) is 0 Å². The van der Waals surface area contributed by atoms with Crippen molar-refractivity contribution in [2.45, 2.75) is 19.8 Å². The van der Waals surface area contributed by atoms with Gasteiger partial charge in [0.05, 0.1) is 0 Å². The summed E-state index contributed by atoms with van der Waals surface area (Å²) < 4.78 is 0. The predicted molar refractivity (Wildman–Crippen MR) is 65.0 cm³/mol. The molecule has 0 fully saturated rings. The molecule has 82 valence electrons. The van der Waals surface area contributed by atoms with Crippen molar-refractivity contribution in [2.24, 2.45) is 0 Å². The van der Waals surface area contributed by atoms with Gasteiger partial charge in [-0.05, 0) is 43.5 Å². The molecule has 0 bridgehead atoms. The first-order valence-electron chi connectivity index (χ1n) is 5.36. The number of rotatable bonds is 3. The molecular weight excluding hydrogens is 198 g/mol. The molecule has 0 aliphatic rings. The van der Waals surface area contributed by atoms with Gasteiger partial charge in [-0.25, -0.2) is 9.97 Å². The molecule has 16 heavy (non-hydrogen) atoms. The summed E-state index contributed by atoms with van der Waals surface area (Å²) in [6, 6.07) is 10.00. The van der Waals surface area contributed by atoms with Crippen molar-refractivity contribution in [3.8, 4) is 0 Å². The number of nitrogens with two attached hydrogens (primary N) is 1. The van der Waals surface area contributed by atoms with Crippen LogP contribution in [0.15, 0.2) is 36.7 Å². The van der Waals surface area contributed by atoms with Gasteiger partial charge in [0.2, 0.25) is 0 Å². The van der Waals surface area contributed by atoms with Gasteiger partial charge < -0.3 is 5.73 Å². The van der Waals surface area contributed by atoms with Crippen molar-refractivity contribution in [2.75, 3.05) is 5.73 Å². The van der Waals surface area contributed by atoms with E-state index < -0.39 is 0 Å². The summed E-state index contributed by atoms with van der Waals surface area (Å²) in [5, 5.41) is 0. The standard InChI is InChI=1S/C13H15N3/c1-10-7-13(16-9-15-10)6-5-11-3-2-4-12(14)8-11/h2-4,7-9H,5-6,14H2,1H3. The maximum atomic E-state index is 5.73. The third-order valence-electron chi connectivity index (χ3n) is 2.48. The number of benzene rings is 1. The highest BCUT2D eigenvalue weighted by molar-refractivity contribution is 5.40. The Kier molecular flexibility index (Phi) is 3.15. The second-order valence-electron chi connectivity index (χ2n) is 3.90. The summed E-state index contributed by atoms with van der Waals surface area (Å²) in [6.45, 7) is 1.98. The first kappa shape index (κ1) is 10.6. The highest BCUT2D eigenvalue weighted by atomic mass is 14.8. The zero-order valence-corrected chi connectivity index (χ0v) is 9.35. The van der Waals surface area contributed by atoms with Crippen molar-refractivity contribution in [3.05, 3.63) is 53.6 Å². The molecule has 3 heteroatoms. The number of aryl methyl sites for hydroxylation is 3. The van der Waals surface area contributed by atoms with E-state index in [9.17, 15) is 0 Å². The van der Waals surface area contributed by atoms with Gasteiger partial charge in [0.15, 0.2) is 0 Å². The minimum Gasteiger partial charge on any atom is -0.399 e. The molecule has 2 aromatic rings. The summed E-state index contributed by atoms with van der Waals surface area (Å²) in [5.41, 5.74) is 9.88. The van der Waals surface area contributed by atoms with Crippen molar-refractivity contribution >= 4 is 5.69 Å². The van der Waals surface area contributed by atoms with Gasteiger partial charge in [-0.15, -0.1) is 0 Å². The summed E-state index contributed by atoms with van der Waals surface area (Å²) >= 11 is 0. The Labute approximate surface area is 95.4 Å². The summed E-state index contributed by atoms with van der Waals surface area (Å²) in [6.07, 6.45) is 3.50. The fraction of sp³-hybridized carbons (Fsp3) is 0.231. The largest absolute Gasteiger partial charge is 0.399 e. The van der Waals surface area contributed by atoms with Crippen molar-refractivity contribution < 1.29 is 0 Å². The average Bonchev–Trinajstić information content (AvgIpc) is 2.27. The Hall–Kier alpha value is -1.90. The Morgan fingerprint density at radius 1 is 1.12 bits per heavy atom. The van der Waals surface area contributed by atoms with E-state index in [2.05, 4.69) is 16.0 Å². The lowest BCUT2D eigenvalue weighted by molar-refractivity contribution is 0.892. The lowest BCUT2D eigenvalue weighted by Gasteiger charge is -2.03. The molecular formula is C13H15N3. The zero-order chi connectivity index (χ0) is 11.4. The topological polar surface area (TPSA) is 51.8 Å². The van der Waals surface area contributed by atoms with E-state index in [4.69, 9.17) is 5.73 Å². The van der Waals surface area contributed by atoms with Crippen molar-refractivity contribution in [1.29, 1.82) is 0 Å². The SMILES string of the molecule is Cc1cc(CCc2cccc(N)c2)ncn1. The molecule has 0 unspecified atom stereocenters. The minimum atomic E-state index is 0.816. The lowest BCUT2D eigenvalue weighted by atomic mass is 10.1. The predicted octanol–water partition coefficient (Wildman–Crippen LogP) is 2.15. The van der Waals surface area contributed by atoms with Gasteiger partial charge in [0.1, 0.15) is 6.33 Å². The monoisotopic (exact) mass is 213 g/mol. The third-order valence-corrected chi connectivity index (χ3v) is 2.48. The van der Waals surface area contributed by atoms with Crippen LogP contribution in [0.5, 0.6) is 0 Å². The van der Waals surface area contributed by atoms with E-state index in [1.807, 2.05) is 31.2 Å². The molecule has 0 radical (unpaired) electrons. The molecule has 0 aliphatic carbocycles. The number of nitrogens with zero attached hydrogens (tertiary/aromatic N) is 2. The zero-order valence-electron chi connectivity index (χ0n) is 9.35. The summed E-state index contributed by atoms with van der Waals surface area (Å²) in [7, 11) is 0. The molecule has 0 spiro atoms. The molecule has 1 aromatic carbocycles. The molecule has 0 aliphatic heterocycles. The number of hydrogen-bond donors (Lipinski definition) is 1. The van der Waals surface area contributed by atoms with Gasteiger partial charge >= 0.3 is 0 Å². The Balaban J connectivity index is 2.02. The van der Waals surface area contributed by atoms with Crippen LogP contribution in [-0.2, 0) is 12.8 Å². The van der Waals surface area contributed by atoms with Crippen LogP contribution in [0.3, 0.4) is 0 Å². The van der Waals surface area contributed by atoms with Crippen LogP contribution in [0.1, 0.15) is 17.0 Å². The third kappa shape index (κ3) is 2.79. The number of anilines is 1. The molecule has 1 heterocycles. The van der Waals surface area contributed by atoms with E-state index in [0.717, 1.165) is 29.9 Å². The molecule has 0 saturated heterocycles. The smallest absolute Gasteiger partial charge is 0.115 e. The second kappa shape index (κ2) is 4.75. The molecule has 1 aromatic heterocycles. The average molecular weight is 213 g/mol. The molecule has 3 nitrogen and oxygen atoms in total. The highest BCUT2D eigenvalue weighted by Crippen LogP contribution is 2.09. The van der Waals surface area contributed by atoms with Gasteiger partial charge in [-0.3, -0.25) is 0 Å². The summed E-state index contributed by atoms with van der Waals surface area (Å²) in [5.74, 6) is 0. The van der Waals surface area contributed by atoms with Crippen LogP contribution in [0.2, 0.25) is 0 Å². The van der Waals surface area contributed by atoms with Crippen LogP contribution in [0, 0.1) is 6.92 Å². The van der Waals surface area contributed by atoms with Crippen LogP contribution in [0.4, 0.5) is 5.69 Å². The number of hydrogen-bond acceptors (Lipinski definition) is 3. The number of aromatic nitrogens is 2. The summed E-state index contributed by atoms with van der Waals surface area (Å²) in [4.78, 5) is 8.31. The molecule has 2 rings (SSSR count). The Morgan fingerprint density at radius 2 is 2.00 bits per heavy atom. The Bertz CT molecular complexity index is 435. The molecule has 0 saturated carbocycles. The van der Waals surface area contributed by atoms with Crippen molar-refractivity contribution in [3.63, 3.8) is 0 Å². The quantitative estimate of drug-likeness (QED) is 0.795. The molecule has 2 N–H and O–H groups in total. The minimum absolute atomic E-state index is 0.816. The number of nitrogen functional groups attached to an aromatic ring is 1. The van der Waals surface area contributed by atoms with E-state index in [1.165, 1.54) is 5.56 Å². The maximum Gasteiger partial charge on any atom is 0.115 e. The van der Waals surface area contributed by atoms with E-state index in [-0.39, 0.29) is 0 Å². The molecule has 0 amide bonds. The van der Waals surface area contributed by atoms with Crippen LogP contribution >= 0.6 is 0 Å². The van der Waals surface area contributed by atoms with Crippen LogP contribution in [0.25, 0.3) is 0 Å². The van der Waals surface area contributed by atoms with Gasteiger partial charge in [-0.2, -0.15) is 0 Å². The second-order valence-corrected chi connectivity index (χ2v) is 3.90. The highest BCUT2D eigenvalue weighted by Gasteiger charge is 1.98. The van der Waals surface area contributed by atoms with Crippen LogP contribution < -0.4 is 5.73 Å². The van der Waals surface area contributed by atoms with Gasteiger partial charge in [0, 0.05) is 17.1 Å². The first-order valence-corrected chi connectivity index (χ1v) is 5.36. The normalized spacial score (nSPS) is 10.3. The van der Waals surface area contributed by atoms with Crippen LogP contribution in [-0.4, -0.2) is 9.97 Å². The van der Waals surface area contributed by atoms with Crippen molar-refractivity contribution in [1.82, 2.24) is 9.97 Å². The van der Waals surface area contributed by atoms with E-state index in [1.54, 1.807) is 6.33 Å². The van der Waals surface area contributed by atoms with E-state index >= 15 is 0 Å². The first-order chi connectivity index (χ1) is 7.74. The Morgan fingerprint density at radius 3 is 2.75 bits per heavy atom. The fourth-order valence-corrected chi connectivity index (χ4v) is 1.67. The van der Waals surface area contributed by atoms with Gasteiger partial charge in [0.25, 0.3) is 0 Å². The van der Waals surface area contributed by atoms with Gasteiger partial charge in [-0.1, -0.05) is 12.1 Å². The lowest BCUT2D eigenvalue weighted by Crippen LogP contribution is -1.97.